The van der Waals surface area contributed by atoms with Crippen LogP contribution in [0, 0.1) is 0 Å². The summed E-state index contributed by atoms with van der Waals surface area (Å²) in [4.78, 5) is 0. The van der Waals surface area contributed by atoms with Gasteiger partial charge in [-0.3, -0.25) is 0 Å². The van der Waals surface area contributed by atoms with Crippen molar-refractivity contribution >= 4 is 0 Å². The van der Waals surface area contributed by atoms with Gasteiger partial charge in [0.15, 0.2) is 0 Å². The first kappa shape index (κ1) is 16.9. The zero-order chi connectivity index (χ0) is 12.8. The maximum Gasteiger partial charge on any atom is 0.0543 e. The Balaban J connectivity index is 2.94. The van der Waals surface area contributed by atoms with Crippen LogP contribution in [0.1, 0.15) is 84.5 Å². The summed E-state index contributed by atoms with van der Waals surface area (Å²) in [6, 6.07) is 0. The van der Waals surface area contributed by atoms with Gasteiger partial charge in [-0.15, -0.1) is 0 Å². The van der Waals surface area contributed by atoms with Crippen molar-refractivity contribution in [3.63, 3.8) is 0 Å². The van der Waals surface area contributed by atoms with E-state index in [0.29, 0.717) is 0 Å². The predicted octanol–water partition coefficient (Wildman–Crippen LogP) is 4.19. The van der Waals surface area contributed by atoms with Gasteiger partial charge in [-0.2, -0.15) is 0 Å². The van der Waals surface area contributed by atoms with Crippen LogP contribution in [0.25, 0.3) is 0 Å². The molecule has 0 aliphatic carbocycles. The lowest BCUT2D eigenvalue weighted by atomic mass is 10.1. The molecule has 1 atom stereocenters. The summed E-state index contributed by atoms with van der Waals surface area (Å²) in [5.41, 5.74) is 5.78. The van der Waals surface area contributed by atoms with Crippen LogP contribution in [0.4, 0.5) is 0 Å². The van der Waals surface area contributed by atoms with Gasteiger partial charge >= 0.3 is 0 Å². The highest BCUT2D eigenvalue weighted by molar-refractivity contribution is 4.56. The molecule has 0 aromatic heterocycles. The van der Waals surface area contributed by atoms with Gasteiger partial charge in [-0.1, -0.05) is 71.6 Å². The van der Waals surface area contributed by atoms with E-state index in [0.717, 1.165) is 13.0 Å². The van der Waals surface area contributed by atoms with Gasteiger partial charge in [0.25, 0.3) is 0 Å². The molecular formula is C15H34N2. The molecule has 0 fully saturated rings. The van der Waals surface area contributed by atoms with E-state index in [2.05, 4.69) is 19.2 Å². The van der Waals surface area contributed by atoms with E-state index in [1.807, 2.05) is 0 Å². The fourth-order valence-corrected chi connectivity index (χ4v) is 2.04. The smallest absolute Gasteiger partial charge is 0.0543 e. The summed E-state index contributed by atoms with van der Waals surface area (Å²) in [5, 5.41) is 3.34. The third-order valence-corrected chi connectivity index (χ3v) is 3.38. The first-order valence-electron chi connectivity index (χ1n) is 7.80. The molecule has 0 aliphatic heterocycles. The number of nitrogens with two attached hydrogens (primary N) is 1. The Bertz CT molecular complexity index is 137. The van der Waals surface area contributed by atoms with E-state index in [4.69, 9.17) is 5.73 Å². The fraction of sp³-hybridized carbons (Fsp3) is 1.00. The summed E-state index contributed by atoms with van der Waals surface area (Å²) < 4.78 is 0. The summed E-state index contributed by atoms with van der Waals surface area (Å²) in [5.74, 6) is 0. The number of rotatable bonds is 13. The van der Waals surface area contributed by atoms with E-state index >= 15 is 0 Å². The average Bonchev–Trinajstić information content (AvgIpc) is 2.35. The predicted molar refractivity (Wildman–Crippen MR) is 78.1 cm³/mol. The molecule has 0 rings (SSSR count). The molecule has 104 valence electrons. The van der Waals surface area contributed by atoms with Gasteiger partial charge in [-0.25, -0.2) is 0 Å². The highest BCUT2D eigenvalue weighted by Gasteiger charge is 1.96. The van der Waals surface area contributed by atoms with Crippen molar-refractivity contribution < 1.29 is 0 Å². The number of unbranched alkanes of at least 4 members (excludes halogenated alkanes) is 9. The van der Waals surface area contributed by atoms with Gasteiger partial charge in [0.2, 0.25) is 0 Å². The van der Waals surface area contributed by atoms with E-state index < -0.39 is 0 Å². The summed E-state index contributed by atoms with van der Waals surface area (Å²) in [6.07, 6.45) is 15.2. The van der Waals surface area contributed by atoms with Gasteiger partial charge < -0.3 is 11.1 Å². The Morgan fingerprint density at radius 3 is 1.71 bits per heavy atom. The van der Waals surface area contributed by atoms with Gasteiger partial charge in [0.05, 0.1) is 6.17 Å². The van der Waals surface area contributed by atoms with Crippen molar-refractivity contribution in [1.82, 2.24) is 5.32 Å². The van der Waals surface area contributed by atoms with Gasteiger partial charge in [0, 0.05) is 0 Å². The molecule has 0 aliphatic rings. The van der Waals surface area contributed by atoms with Crippen LogP contribution in [0.2, 0.25) is 0 Å². The zero-order valence-electron chi connectivity index (χ0n) is 12.1. The quantitative estimate of drug-likeness (QED) is 0.375. The van der Waals surface area contributed by atoms with Crippen LogP contribution in [-0.2, 0) is 0 Å². The minimum atomic E-state index is 0.202. The SMILES string of the molecule is CCCCCCCCCCCCNC(N)CC. The molecule has 17 heavy (non-hydrogen) atoms. The molecule has 2 heteroatoms. The molecule has 0 heterocycles. The second kappa shape index (κ2) is 14.0. The standard InChI is InChI=1S/C15H34N2/c1-3-5-6-7-8-9-10-11-12-13-14-17-15(16)4-2/h15,17H,3-14,16H2,1-2H3. The van der Waals surface area contributed by atoms with Crippen molar-refractivity contribution in [2.45, 2.75) is 90.6 Å². The average molecular weight is 242 g/mol. The molecule has 0 spiro atoms. The minimum absolute atomic E-state index is 0.202. The molecule has 0 saturated carbocycles. The highest BCUT2D eigenvalue weighted by Crippen LogP contribution is 2.10. The Labute approximate surface area is 109 Å². The number of nitrogens with one attached hydrogen (secondary N) is 1. The van der Waals surface area contributed by atoms with Gasteiger partial charge in [-0.05, 0) is 19.4 Å². The normalized spacial score (nSPS) is 12.9. The van der Waals surface area contributed by atoms with Crippen LogP contribution in [-0.4, -0.2) is 12.7 Å². The molecule has 0 aromatic carbocycles. The van der Waals surface area contributed by atoms with Crippen molar-refractivity contribution in [2.24, 2.45) is 5.73 Å². The number of hydrogen-bond donors (Lipinski definition) is 2. The first-order chi connectivity index (χ1) is 8.31. The lowest BCUT2D eigenvalue weighted by Gasteiger charge is -2.10. The van der Waals surface area contributed by atoms with Crippen LogP contribution >= 0.6 is 0 Å². The van der Waals surface area contributed by atoms with Crippen molar-refractivity contribution in [3.05, 3.63) is 0 Å². The summed E-state index contributed by atoms with van der Waals surface area (Å²) in [6.45, 7) is 5.49. The molecule has 0 aromatic rings. The van der Waals surface area contributed by atoms with Crippen LogP contribution in [0.3, 0.4) is 0 Å². The van der Waals surface area contributed by atoms with Crippen molar-refractivity contribution in [1.29, 1.82) is 0 Å². The highest BCUT2D eigenvalue weighted by atomic mass is 15.0. The molecule has 0 bridgehead atoms. The third-order valence-electron chi connectivity index (χ3n) is 3.38. The maximum atomic E-state index is 5.78. The van der Waals surface area contributed by atoms with Gasteiger partial charge in [0.1, 0.15) is 0 Å². The van der Waals surface area contributed by atoms with E-state index in [9.17, 15) is 0 Å². The Morgan fingerprint density at radius 1 is 0.765 bits per heavy atom. The van der Waals surface area contributed by atoms with Crippen LogP contribution in [0.5, 0.6) is 0 Å². The monoisotopic (exact) mass is 242 g/mol. The largest absolute Gasteiger partial charge is 0.316 e. The molecule has 1 unspecified atom stereocenters. The molecule has 0 saturated heterocycles. The third kappa shape index (κ3) is 13.9. The number of hydrogen-bond acceptors (Lipinski definition) is 2. The molecule has 3 N–H and O–H groups in total. The van der Waals surface area contributed by atoms with Crippen molar-refractivity contribution in [3.8, 4) is 0 Å². The maximum absolute atomic E-state index is 5.78. The second-order valence-electron chi connectivity index (χ2n) is 5.15. The topological polar surface area (TPSA) is 38.0 Å². The minimum Gasteiger partial charge on any atom is -0.316 e. The molecular weight excluding hydrogens is 208 g/mol. The van der Waals surface area contributed by atoms with E-state index in [1.54, 1.807) is 0 Å². The first-order valence-corrected chi connectivity index (χ1v) is 7.80. The Hall–Kier alpha value is -0.0800. The molecule has 2 nitrogen and oxygen atoms in total. The van der Waals surface area contributed by atoms with E-state index in [-0.39, 0.29) is 6.17 Å². The summed E-state index contributed by atoms with van der Waals surface area (Å²) >= 11 is 0. The zero-order valence-corrected chi connectivity index (χ0v) is 12.1. The van der Waals surface area contributed by atoms with Crippen LogP contribution < -0.4 is 11.1 Å². The Kier molecular flexibility index (Phi) is 13.9. The fourth-order valence-electron chi connectivity index (χ4n) is 2.04. The molecule has 0 amide bonds. The van der Waals surface area contributed by atoms with E-state index in [1.165, 1.54) is 64.2 Å². The van der Waals surface area contributed by atoms with Crippen LogP contribution in [0.15, 0.2) is 0 Å². The Morgan fingerprint density at radius 2 is 1.24 bits per heavy atom. The summed E-state index contributed by atoms with van der Waals surface area (Å²) in [7, 11) is 0. The molecule has 0 radical (unpaired) electrons. The van der Waals surface area contributed by atoms with Crippen molar-refractivity contribution in [2.75, 3.05) is 6.54 Å². The lowest BCUT2D eigenvalue weighted by molar-refractivity contribution is 0.486. The lowest BCUT2D eigenvalue weighted by Crippen LogP contribution is -2.37. The second-order valence-corrected chi connectivity index (χ2v) is 5.15.